The number of amides is 3. The number of likely N-dealkylation sites (tertiary alicyclic amines) is 1. The molecule has 0 bridgehead atoms. The van der Waals surface area contributed by atoms with Crippen LogP contribution in [0.4, 0.5) is 0 Å². The smallest absolute Gasteiger partial charge is 0.255 e. The van der Waals surface area contributed by atoms with Crippen molar-refractivity contribution in [1.29, 1.82) is 0 Å². The lowest BCUT2D eigenvalue weighted by Gasteiger charge is -2.29. The predicted molar refractivity (Wildman–Crippen MR) is 93.6 cm³/mol. The van der Waals surface area contributed by atoms with Crippen molar-refractivity contribution >= 4 is 17.7 Å². The van der Waals surface area contributed by atoms with Crippen molar-refractivity contribution in [2.45, 2.75) is 44.9 Å². The molecule has 26 heavy (non-hydrogen) atoms. The third-order valence-corrected chi connectivity index (χ3v) is 5.47. The highest BCUT2D eigenvalue weighted by Crippen LogP contribution is 2.31. The van der Waals surface area contributed by atoms with Gasteiger partial charge in [-0.2, -0.15) is 0 Å². The Balaban J connectivity index is 1.46. The van der Waals surface area contributed by atoms with Crippen LogP contribution >= 0.6 is 0 Å². The molecular formula is C19H23N3O4. The molecule has 0 aromatic heterocycles. The molecule has 0 aliphatic carbocycles. The summed E-state index contributed by atoms with van der Waals surface area (Å²) in [7, 11) is 0. The fraction of sp³-hybridized carbons (Fsp3) is 0.526. The van der Waals surface area contributed by atoms with Crippen LogP contribution in [0, 0.1) is 0 Å². The lowest BCUT2D eigenvalue weighted by molar-refractivity contribution is -0.136. The molecule has 3 aliphatic heterocycles. The summed E-state index contributed by atoms with van der Waals surface area (Å²) < 4.78 is 6.09. The van der Waals surface area contributed by atoms with E-state index in [1.54, 1.807) is 11.0 Å². The van der Waals surface area contributed by atoms with Gasteiger partial charge in [-0.25, -0.2) is 0 Å². The Kier molecular flexibility index (Phi) is 4.40. The number of nitrogens with one attached hydrogen (secondary N) is 1. The molecule has 1 unspecified atom stereocenters. The number of hydrogen-bond acceptors (Lipinski definition) is 5. The van der Waals surface area contributed by atoms with Gasteiger partial charge in [0.1, 0.15) is 17.9 Å². The van der Waals surface area contributed by atoms with Crippen LogP contribution in [0.15, 0.2) is 18.2 Å². The highest BCUT2D eigenvalue weighted by Gasteiger charge is 2.39. The van der Waals surface area contributed by atoms with E-state index in [1.807, 2.05) is 12.1 Å². The van der Waals surface area contributed by atoms with E-state index in [4.69, 9.17) is 4.74 Å². The van der Waals surface area contributed by atoms with Crippen LogP contribution in [-0.2, 0) is 16.1 Å². The summed E-state index contributed by atoms with van der Waals surface area (Å²) in [4.78, 5) is 40.0. The number of imide groups is 1. The average Bonchev–Trinajstić information content (AvgIpc) is 3.19. The summed E-state index contributed by atoms with van der Waals surface area (Å²) in [5.74, 6) is -0.0445. The second-order valence-electron chi connectivity index (χ2n) is 7.14. The molecule has 7 nitrogen and oxygen atoms in total. The molecule has 2 fully saturated rings. The Hall–Kier alpha value is -2.41. The summed E-state index contributed by atoms with van der Waals surface area (Å²) >= 11 is 0. The van der Waals surface area contributed by atoms with Crippen LogP contribution in [0.3, 0.4) is 0 Å². The second-order valence-corrected chi connectivity index (χ2v) is 7.14. The topological polar surface area (TPSA) is 79.0 Å². The van der Waals surface area contributed by atoms with Crippen LogP contribution in [0.25, 0.3) is 0 Å². The molecule has 4 rings (SSSR count). The van der Waals surface area contributed by atoms with Crippen LogP contribution < -0.4 is 10.1 Å². The maximum Gasteiger partial charge on any atom is 0.255 e. The van der Waals surface area contributed by atoms with Crippen molar-refractivity contribution in [2.75, 3.05) is 19.6 Å². The van der Waals surface area contributed by atoms with Crippen molar-refractivity contribution in [2.24, 2.45) is 0 Å². The SMILES string of the molecule is CCN1CC[C@@H](Oc2ccc3c(c2)CN(C2CCC(=O)NC2=O)C3=O)C1. The third kappa shape index (κ3) is 3.07. The highest BCUT2D eigenvalue weighted by atomic mass is 16.5. The predicted octanol–water partition coefficient (Wildman–Crippen LogP) is 0.921. The van der Waals surface area contributed by atoms with Gasteiger partial charge >= 0.3 is 0 Å². The van der Waals surface area contributed by atoms with Crippen molar-refractivity contribution in [1.82, 2.24) is 15.1 Å². The molecule has 1 aromatic rings. The molecule has 0 saturated carbocycles. The van der Waals surface area contributed by atoms with Crippen LogP contribution in [-0.4, -0.2) is 59.3 Å². The molecule has 1 N–H and O–H groups in total. The number of carbonyl (C=O) groups excluding carboxylic acids is 3. The summed E-state index contributed by atoms with van der Waals surface area (Å²) in [6.45, 7) is 5.53. The maximum absolute atomic E-state index is 12.7. The van der Waals surface area contributed by atoms with E-state index in [1.165, 1.54) is 0 Å². The zero-order valence-electron chi connectivity index (χ0n) is 14.9. The second kappa shape index (κ2) is 6.72. The quantitative estimate of drug-likeness (QED) is 0.811. The van der Waals surface area contributed by atoms with Crippen molar-refractivity contribution in [3.63, 3.8) is 0 Å². The molecule has 0 spiro atoms. The lowest BCUT2D eigenvalue weighted by atomic mass is 10.0. The molecular weight excluding hydrogens is 334 g/mol. The van der Waals surface area contributed by atoms with Gasteiger partial charge in [0.25, 0.3) is 5.91 Å². The summed E-state index contributed by atoms with van der Waals surface area (Å²) in [5.41, 5.74) is 1.49. The molecule has 2 saturated heterocycles. The molecule has 7 heteroatoms. The average molecular weight is 357 g/mol. The van der Waals surface area contributed by atoms with E-state index >= 15 is 0 Å². The lowest BCUT2D eigenvalue weighted by Crippen LogP contribution is -2.52. The van der Waals surface area contributed by atoms with E-state index < -0.39 is 6.04 Å². The normalized spacial score (nSPS) is 26.2. The Morgan fingerprint density at radius 1 is 1.23 bits per heavy atom. The van der Waals surface area contributed by atoms with Gasteiger partial charge in [-0.05, 0) is 43.1 Å². The van der Waals surface area contributed by atoms with E-state index in [0.29, 0.717) is 18.5 Å². The van der Waals surface area contributed by atoms with Gasteiger partial charge in [-0.1, -0.05) is 6.92 Å². The molecule has 1 aromatic carbocycles. The number of likely N-dealkylation sites (N-methyl/N-ethyl adjacent to an activating group) is 1. The number of carbonyl (C=O) groups is 3. The van der Waals surface area contributed by atoms with Crippen LogP contribution in [0.1, 0.15) is 42.1 Å². The van der Waals surface area contributed by atoms with Gasteiger partial charge in [0.05, 0.1) is 0 Å². The zero-order valence-corrected chi connectivity index (χ0v) is 14.9. The fourth-order valence-electron chi connectivity index (χ4n) is 4.00. The van der Waals surface area contributed by atoms with Crippen LogP contribution in [0.5, 0.6) is 5.75 Å². The monoisotopic (exact) mass is 357 g/mol. The number of benzene rings is 1. The standard InChI is InChI=1S/C19H23N3O4/c1-2-21-8-7-14(11-21)26-13-3-4-15-12(9-13)10-22(19(15)25)16-5-6-17(23)20-18(16)24/h3-4,9,14,16H,2,5-8,10-11H2,1H3,(H,20,23,24)/t14-,16?/m1/s1. The Morgan fingerprint density at radius 2 is 2.08 bits per heavy atom. The Bertz CT molecular complexity index is 763. The fourth-order valence-corrected chi connectivity index (χ4v) is 4.00. The Morgan fingerprint density at radius 3 is 2.81 bits per heavy atom. The summed E-state index contributed by atoms with van der Waals surface area (Å²) in [5, 5.41) is 2.32. The molecule has 3 heterocycles. The molecule has 2 atom stereocenters. The van der Waals surface area contributed by atoms with Gasteiger partial charge in [-0.3, -0.25) is 24.6 Å². The first-order valence-corrected chi connectivity index (χ1v) is 9.21. The molecule has 3 amide bonds. The minimum atomic E-state index is -0.579. The number of ether oxygens (including phenoxy) is 1. The minimum Gasteiger partial charge on any atom is -0.489 e. The number of nitrogens with zero attached hydrogens (tertiary/aromatic N) is 2. The van der Waals surface area contributed by atoms with Crippen molar-refractivity contribution in [3.05, 3.63) is 29.3 Å². The largest absolute Gasteiger partial charge is 0.489 e. The first-order chi connectivity index (χ1) is 12.5. The van der Waals surface area contributed by atoms with Gasteiger partial charge in [-0.15, -0.1) is 0 Å². The van der Waals surface area contributed by atoms with E-state index in [0.717, 1.165) is 37.4 Å². The van der Waals surface area contributed by atoms with Crippen LogP contribution in [0.2, 0.25) is 0 Å². The molecule has 3 aliphatic rings. The van der Waals surface area contributed by atoms with Crippen molar-refractivity contribution in [3.8, 4) is 5.75 Å². The number of piperidine rings is 1. The van der Waals surface area contributed by atoms with Gasteiger partial charge in [0, 0.05) is 31.6 Å². The number of fused-ring (bicyclic) bond motifs is 1. The van der Waals surface area contributed by atoms with E-state index in [2.05, 4.69) is 17.1 Å². The van der Waals surface area contributed by atoms with Gasteiger partial charge < -0.3 is 9.64 Å². The minimum absolute atomic E-state index is 0.154. The highest BCUT2D eigenvalue weighted by molar-refractivity contribution is 6.05. The number of rotatable bonds is 4. The van der Waals surface area contributed by atoms with E-state index in [-0.39, 0.29) is 30.2 Å². The van der Waals surface area contributed by atoms with Gasteiger partial charge in [0.2, 0.25) is 11.8 Å². The molecule has 0 radical (unpaired) electrons. The van der Waals surface area contributed by atoms with E-state index in [9.17, 15) is 14.4 Å². The summed E-state index contributed by atoms with van der Waals surface area (Å²) in [6.07, 6.45) is 1.83. The zero-order chi connectivity index (χ0) is 18.3. The summed E-state index contributed by atoms with van der Waals surface area (Å²) in [6, 6.07) is 4.95. The first-order valence-electron chi connectivity index (χ1n) is 9.21. The first kappa shape index (κ1) is 17.0. The molecule has 138 valence electrons. The Labute approximate surface area is 152 Å². The third-order valence-electron chi connectivity index (χ3n) is 5.47. The number of hydrogen-bond donors (Lipinski definition) is 1. The van der Waals surface area contributed by atoms with Gasteiger partial charge in [0.15, 0.2) is 0 Å². The van der Waals surface area contributed by atoms with Crippen molar-refractivity contribution < 1.29 is 19.1 Å². The maximum atomic E-state index is 12.7.